The molecule has 0 radical (unpaired) electrons. The van der Waals surface area contributed by atoms with E-state index in [0.717, 1.165) is 31.6 Å². The summed E-state index contributed by atoms with van der Waals surface area (Å²) in [7, 11) is 2.13. The van der Waals surface area contributed by atoms with Gasteiger partial charge in [0.25, 0.3) is 0 Å². The van der Waals surface area contributed by atoms with E-state index in [9.17, 15) is 4.39 Å². The summed E-state index contributed by atoms with van der Waals surface area (Å²) >= 11 is 0. The van der Waals surface area contributed by atoms with E-state index in [2.05, 4.69) is 24.2 Å². The number of nitrogens with one attached hydrogen (secondary N) is 1. The van der Waals surface area contributed by atoms with Crippen molar-refractivity contribution in [1.29, 1.82) is 0 Å². The van der Waals surface area contributed by atoms with Crippen molar-refractivity contribution in [3.05, 3.63) is 35.6 Å². The zero-order valence-corrected chi connectivity index (χ0v) is 11.3. The van der Waals surface area contributed by atoms with Crippen LogP contribution in [0.2, 0.25) is 0 Å². The minimum Gasteiger partial charge on any atom is -0.316 e. The molecule has 1 heterocycles. The molecule has 100 valence electrons. The molecule has 1 aromatic carbocycles. The van der Waals surface area contributed by atoms with E-state index in [1.807, 2.05) is 12.1 Å². The van der Waals surface area contributed by atoms with E-state index in [4.69, 9.17) is 0 Å². The quantitative estimate of drug-likeness (QED) is 0.808. The summed E-state index contributed by atoms with van der Waals surface area (Å²) < 4.78 is 13.3. The van der Waals surface area contributed by atoms with Crippen molar-refractivity contribution in [2.45, 2.75) is 25.8 Å². The molecule has 2 rings (SSSR count). The number of halogens is 1. The van der Waals surface area contributed by atoms with Gasteiger partial charge in [-0.05, 0) is 63.1 Å². The molecule has 0 saturated carbocycles. The summed E-state index contributed by atoms with van der Waals surface area (Å²) in [4.78, 5) is 2.34. The predicted molar refractivity (Wildman–Crippen MR) is 73.0 cm³/mol. The first-order valence-corrected chi connectivity index (χ1v) is 6.88. The Hall–Kier alpha value is -0.930. The summed E-state index contributed by atoms with van der Waals surface area (Å²) in [6, 6.07) is 7.41. The minimum absolute atomic E-state index is 0.131. The van der Waals surface area contributed by atoms with E-state index in [-0.39, 0.29) is 5.82 Å². The van der Waals surface area contributed by atoms with Gasteiger partial charge in [-0.1, -0.05) is 19.1 Å². The molecule has 0 aromatic heterocycles. The molecule has 0 amide bonds. The number of likely N-dealkylation sites (tertiary alicyclic amines) is 1. The number of benzene rings is 1. The fraction of sp³-hybridized carbons (Fsp3) is 0.600. The van der Waals surface area contributed by atoms with Gasteiger partial charge in [0.2, 0.25) is 0 Å². The Bertz CT molecular complexity index is 381. The van der Waals surface area contributed by atoms with E-state index in [1.165, 1.54) is 12.5 Å². The van der Waals surface area contributed by atoms with Gasteiger partial charge in [-0.25, -0.2) is 4.39 Å². The van der Waals surface area contributed by atoms with Crippen LogP contribution in [0, 0.1) is 11.7 Å². The van der Waals surface area contributed by atoms with Crippen molar-refractivity contribution in [2.75, 3.05) is 26.7 Å². The van der Waals surface area contributed by atoms with Crippen LogP contribution in [0.3, 0.4) is 0 Å². The highest BCUT2D eigenvalue weighted by molar-refractivity contribution is 5.22. The minimum atomic E-state index is -0.131. The van der Waals surface area contributed by atoms with Gasteiger partial charge in [-0.2, -0.15) is 0 Å². The smallest absolute Gasteiger partial charge is 0.123 e. The van der Waals surface area contributed by atoms with Gasteiger partial charge in [-0.3, -0.25) is 4.90 Å². The summed E-state index contributed by atoms with van der Waals surface area (Å²) in [6.45, 7) is 5.37. The van der Waals surface area contributed by atoms with Crippen molar-refractivity contribution < 1.29 is 4.39 Å². The van der Waals surface area contributed by atoms with E-state index < -0.39 is 0 Å². The highest BCUT2D eigenvalue weighted by Crippen LogP contribution is 2.35. The monoisotopic (exact) mass is 250 g/mol. The third-order valence-corrected chi connectivity index (χ3v) is 3.80. The standard InChI is InChI=1S/C15H23FN2/c1-3-8-17-11-13-7-9-18(2)15(13)12-5-4-6-14(16)10-12/h4-6,10,13,15,17H,3,7-9,11H2,1-2H3. The van der Waals surface area contributed by atoms with Crippen LogP contribution in [0.25, 0.3) is 0 Å². The topological polar surface area (TPSA) is 15.3 Å². The van der Waals surface area contributed by atoms with Crippen molar-refractivity contribution in [1.82, 2.24) is 10.2 Å². The van der Waals surface area contributed by atoms with E-state index >= 15 is 0 Å². The lowest BCUT2D eigenvalue weighted by atomic mass is 9.93. The lowest BCUT2D eigenvalue weighted by Gasteiger charge is -2.26. The molecular weight excluding hydrogens is 227 g/mol. The molecule has 2 nitrogen and oxygen atoms in total. The van der Waals surface area contributed by atoms with E-state index in [0.29, 0.717) is 12.0 Å². The molecule has 1 aliphatic heterocycles. The molecule has 1 fully saturated rings. The Kier molecular flexibility index (Phi) is 4.72. The summed E-state index contributed by atoms with van der Waals surface area (Å²) in [5.74, 6) is 0.455. The molecule has 0 aliphatic carbocycles. The van der Waals surface area contributed by atoms with Gasteiger partial charge in [0.15, 0.2) is 0 Å². The van der Waals surface area contributed by atoms with Gasteiger partial charge >= 0.3 is 0 Å². The fourth-order valence-corrected chi connectivity index (χ4v) is 2.92. The van der Waals surface area contributed by atoms with Crippen LogP contribution in [0.4, 0.5) is 4.39 Å². The average molecular weight is 250 g/mol. The maximum atomic E-state index is 13.3. The first kappa shape index (κ1) is 13.5. The van der Waals surface area contributed by atoms with Gasteiger partial charge in [0, 0.05) is 6.04 Å². The molecule has 2 atom stereocenters. The largest absolute Gasteiger partial charge is 0.316 e. The molecule has 1 aliphatic rings. The molecule has 0 spiro atoms. The number of hydrogen-bond acceptors (Lipinski definition) is 2. The van der Waals surface area contributed by atoms with Crippen LogP contribution >= 0.6 is 0 Å². The lowest BCUT2D eigenvalue weighted by molar-refractivity contribution is 0.271. The van der Waals surface area contributed by atoms with Crippen molar-refractivity contribution in [3.63, 3.8) is 0 Å². The molecular formula is C15H23FN2. The fourth-order valence-electron chi connectivity index (χ4n) is 2.92. The zero-order valence-electron chi connectivity index (χ0n) is 11.3. The van der Waals surface area contributed by atoms with Crippen LogP contribution in [0.15, 0.2) is 24.3 Å². The Morgan fingerprint density at radius 3 is 3.00 bits per heavy atom. The van der Waals surface area contributed by atoms with Crippen LogP contribution in [-0.2, 0) is 0 Å². The average Bonchev–Trinajstić information content (AvgIpc) is 2.71. The van der Waals surface area contributed by atoms with Crippen molar-refractivity contribution in [2.24, 2.45) is 5.92 Å². The highest BCUT2D eigenvalue weighted by Gasteiger charge is 2.32. The van der Waals surface area contributed by atoms with Gasteiger partial charge in [0.05, 0.1) is 0 Å². The molecule has 18 heavy (non-hydrogen) atoms. The Balaban J connectivity index is 2.07. The first-order valence-electron chi connectivity index (χ1n) is 6.88. The second kappa shape index (κ2) is 6.30. The second-order valence-corrected chi connectivity index (χ2v) is 5.23. The number of hydrogen-bond donors (Lipinski definition) is 1. The van der Waals surface area contributed by atoms with Crippen molar-refractivity contribution >= 4 is 0 Å². The zero-order chi connectivity index (χ0) is 13.0. The van der Waals surface area contributed by atoms with Crippen LogP contribution in [0.5, 0.6) is 0 Å². The van der Waals surface area contributed by atoms with Crippen LogP contribution in [-0.4, -0.2) is 31.6 Å². The van der Waals surface area contributed by atoms with E-state index in [1.54, 1.807) is 6.07 Å². The first-order chi connectivity index (χ1) is 8.72. The molecule has 2 unspecified atom stereocenters. The predicted octanol–water partition coefficient (Wildman–Crippen LogP) is 2.82. The maximum absolute atomic E-state index is 13.3. The van der Waals surface area contributed by atoms with Crippen LogP contribution < -0.4 is 5.32 Å². The Labute approximate surface area is 109 Å². The molecule has 1 aromatic rings. The highest BCUT2D eigenvalue weighted by atomic mass is 19.1. The molecule has 0 bridgehead atoms. The van der Waals surface area contributed by atoms with Crippen molar-refractivity contribution in [3.8, 4) is 0 Å². The number of nitrogens with zero attached hydrogens (tertiary/aromatic N) is 1. The molecule has 3 heteroatoms. The summed E-state index contributed by atoms with van der Waals surface area (Å²) in [5, 5.41) is 3.49. The third-order valence-electron chi connectivity index (χ3n) is 3.80. The third kappa shape index (κ3) is 3.09. The maximum Gasteiger partial charge on any atom is 0.123 e. The number of rotatable bonds is 5. The van der Waals surface area contributed by atoms with Gasteiger partial charge < -0.3 is 5.32 Å². The summed E-state index contributed by atoms with van der Waals surface area (Å²) in [5.41, 5.74) is 1.11. The second-order valence-electron chi connectivity index (χ2n) is 5.23. The SMILES string of the molecule is CCCNCC1CCN(C)C1c1cccc(F)c1. The lowest BCUT2D eigenvalue weighted by Crippen LogP contribution is -2.29. The normalized spacial score (nSPS) is 24.6. The Morgan fingerprint density at radius 2 is 2.28 bits per heavy atom. The molecule has 1 saturated heterocycles. The molecule has 1 N–H and O–H groups in total. The van der Waals surface area contributed by atoms with Crippen LogP contribution in [0.1, 0.15) is 31.4 Å². The van der Waals surface area contributed by atoms with Gasteiger partial charge in [-0.15, -0.1) is 0 Å². The summed E-state index contributed by atoms with van der Waals surface area (Å²) in [6.07, 6.45) is 2.35. The van der Waals surface area contributed by atoms with Gasteiger partial charge in [0.1, 0.15) is 5.82 Å². The Morgan fingerprint density at radius 1 is 1.44 bits per heavy atom.